The Labute approximate surface area is 189 Å². The highest BCUT2D eigenvalue weighted by atomic mass is 35.5. The molecule has 2 aromatic rings. The molecule has 31 heavy (non-hydrogen) atoms. The van der Waals surface area contributed by atoms with Crippen LogP contribution in [0.15, 0.2) is 30.5 Å². The molecule has 1 N–H and O–H groups in total. The van der Waals surface area contributed by atoms with Gasteiger partial charge in [0.15, 0.2) is 6.04 Å². The summed E-state index contributed by atoms with van der Waals surface area (Å²) in [6, 6.07) is 4.47. The molecule has 0 bridgehead atoms. The van der Waals surface area contributed by atoms with Gasteiger partial charge in [0.25, 0.3) is 0 Å². The van der Waals surface area contributed by atoms with Gasteiger partial charge in [-0.05, 0) is 36.1 Å². The van der Waals surface area contributed by atoms with Crippen LogP contribution in [0, 0.1) is 5.41 Å². The molecule has 1 aliphatic rings. The summed E-state index contributed by atoms with van der Waals surface area (Å²) in [6.07, 6.45) is -2.11. The number of aromatic nitrogens is 1. The number of rotatable bonds is 4. The summed E-state index contributed by atoms with van der Waals surface area (Å²) in [6.45, 7) is 4.76. The number of fused-ring (bicyclic) bond motifs is 1. The van der Waals surface area contributed by atoms with Crippen molar-refractivity contribution in [2.24, 2.45) is 5.41 Å². The molecule has 1 aliphatic carbocycles. The highest BCUT2D eigenvalue weighted by Crippen LogP contribution is 2.39. The average Bonchev–Trinajstić information content (AvgIpc) is 3.07. The van der Waals surface area contributed by atoms with E-state index in [1.165, 1.54) is 25.4 Å². The first-order chi connectivity index (χ1) is 14.3. The third kappa shape index (κ3) is 5.09. The van der Waals surface area contributed by atoms with Gasteiger partial charge >= 0.3 is 6.18 Å². The lowest BCUT2D eigenvalue weighted by Crippen LogP contribution is -2.44. The van der Waals surface area contributed by atoms with E-state index in [2.05, 4.69) is 10.3 Å². The largest absolute Gasteiger partial charge is 0.413 e. The fraction of sp³-hybridized carbons (Fsp3) is 0.455. The molecule has 1 heterocycles. The van der Waals surface area contributed by atoms with E-state index in [0.29, 0.717) is 28.7 Å². The van der Waals surface area contributed by atoms with E-state index in [9.17, 15) is 18.0 Å². The van der Waals surface area contributed by atoms with Crippen LogP contribution < -0.4 is 5.32 Å². The van der Waals surface area contributed by atoms with Crippen molar-refractivity contribution in [3.63, 3.8) is 0 Å². The van der Waals surface area contributed by atoms with E-state index >= 15 is 0 Å². The number of carbonyl (C=O) groups excluding carboxylic acids is 1. The molecule has 0 spiro atoms. The maximum Gasteiger partial charge on any atom is 0.413 e. The van der Waals surface area contributed by atoms with Crippen molar-refractivity contribution in [1.29, 1.82) is 0 Å². The topological polar surface area (TPSA) is 45.2 Å². The Balaban J connectivity index is 1.77. The van der Waals surface area contributed by atoms with Crippen molar-refractivity contribution in [2.45, 2.75) is 51.9 Å². The zero-order valence-corrected chi connectivity index (χ0v) is 19.2. The predicted octanol–water partition coefficient (Wildman–Crippen LogP) is 6.08. The number of carbonyl (C=O) groups is 1. The monoisotopic (exact) mass is 473 g/mol. The van der Waals surface area contributed by atoms with Crippen molar-refractivity contribution in [1.82, 2.24) is 9.88 Å². The van der Waals surface area contributed by atoms with Crippen LogP contribution in [0.25, 0.3) is 0 Å². The number of pyridine rings is 1. The fourth-order valence-electron chi connectivity index (χ4n) is 3.87. The van der Waals surface area contributed by atoms with Gasteiger partial charge in [-0.25, -0.2) is 4.98 Å². The van der Waals surface area contributed by atoms with Crippen LogP contribution in [-0.4, -0.2) is 35.1 Å². The van der Waals surface area contributed by atoms with Crippen LogP contribution in [0.5, 0.6) is 0 Å². The SMILES string of the molecule is CN(C(=O)C(C)(C)C)[C@@H](c1ccc(NC2Cc3ccc(Cl)c(Cl)c3C2)nc1)C(F)(F)F. The molecular formula is C22H24Cl2F3N3O. The van der Waals surface area contributed by atoms with Crippen LogP contribution >= 0.6 is 23.2 Å². The fourth-order valence-corrected chi connectivity index (χ4v) is 4.31. The molecule has 3 rings (SSSR count). The molecule has 2 atom stereocenters. The number of nitrogens with one attached hydrogen (secondary N) is 1. The third-order valence-corrected chi connectivity index (χ3v) is 6.17. The van der Waals surface area contributed by atoms with Gasteiger partial charge < -0.3 is 10.2 Å². The van der Waals surface area contributed by atoms with Crippen molar-refractivity contribution in [3.05, 3.63) is 57.2 Å². The van der Waals surface area contributed by atoms with Crippen molar-refractivity contribution in [2.75, 3.05) is 12.4 Å². The lowest BCUT2D eigenvalue weighted by atomic mass is 9.93. The molecule has 0 fully saturated rings. The third-order valence-electron chi connectivity index (χ3n) is 5.32. The minimum atomic E-state index is -4.63. The van der Waals surface area contributed by atoms with Crippen LogP contribution in [0.1, 0.15) is 43.5 Å². The lowest BCUT2D eigenvalue weighted by Gasteiger charge is -2.34. The molecule has 9 heteroatoms. The summed E-state index contributed by atoms with van der Waals surface area (Å²) in [5.74, 6) is -0.147. The summed E-state index contributed by atoms with van der Waals surface area (Å²) in [5.41, 5.74) is 1.03. The molecule has 0 radical (unpaired) electrons. The van der Waals surface area contributed by atoms with Crippen LogP contribution in [-0.2, 0) is 17.6 Å². The molecule has 168 valence electrons. The lowest BCUT2D eigenvalue weighted by molar-refractivity contribution is -0.192. The van der Waals surface area contributed by atoms with Crippen molar-refractivity contribution >= 4 is 34.9 Å². The second-order valence-corrected chi connectivity index (χ2v) is 9.62. The van der Waals surface area contributed by atoms with E-state index in [4.69, 9.17) is 23.2 Å². The Morgan fingerprint density at radius 3 is 2.39 bits per heavy atom. The summed E-state index contributed by atoms with van der Waals surface area (Å²) < 4.78 is 41.4. The smallest absolute Gasteiger partial charge is 0.367 e. The quantitative estimate of drug-likeness (QED) is 0.585. The number of amides is 1. The maximum atomic E-state index is 13.8. The van der Waals surface area contributed by atoms with Gasteiger partial charge in [0.1, 0.15) is 5.82 Å². The zero-order chi connectivity index (χ0) is 23.1. The summed E-state index contributed by atoms with van der Waals surface area (Å²) in [5, 5.41) is 4.27. The van der Waals surface area contributed by atoms with Crippen LogP contribution in [0.3, 0.4) is 0 Å². The van der Waals surface area contributed by atoms with Gasteiger partial charge in [-0.2, -0.15) is 13.2 Å². The Kier molecular flexibility index (Phi) is 6.50. The standard InChI is InChI=1S/C22H24Cl2F3N3O/c1-21(2,3)20(31)30(4)19(22(25,26)27)13-6-8-17(28-11-13)29-14-9-12-5-7-16(23)18(24)15(12)10-14/h5-8,11,14,19H,9-10H2,1-4H3,(H,28,29)/t14?,19-/m0/s1. The van der Waals surface area contributed by atoms with Gasteiger partial charge in [-0.3, -0.25) is 4.79 Å². The first-order valence-corrected chi connectivity index (χ1v) is 10.6. The van der Waals surface area contributed by atoms with E-state index in [-0.39, 0.29) is 11.6 Å². The zero-order valence-electron chi connectivity index (χ0n) is 17.6. The Morgan fingerprint density at radius 2 is 1.84 bits per heavy atom. The summed E-state index contributed by atoms with van der Waals surface area (Å²) in [4.78, 5) is 17.4. The number of halogens is 5. The number of nitrogens with zero attached hydrogens (tertiary/aromatic N) is 2. The highest BCUT2D eigenvalue weighted by Gasteiger charge is 2.47. The summed E-state index contributed by atoms with van der Waals surface area (Å²) in [7, 11) is 1.17. The second-order valence-electron chi connectivity index (χ2n) is 8.84. The van der Waals surface area contributed by atoms with Gasteiger partial charge in [0, 0.05) is 30.3 Å². The van der Waals surface area contributed by atoms with E-state index in [1.54, 1.807) is 26.8 Å². The van der Waals surface area contributed by atoms with E-state index in [1.807, 2.05) is 6.07 Å². The number of hydrogen-bond acceptors (Lipinski definition) is 3. The number of hydrogen-bond donors (Lipinski definition) is 1. The number of benzene rings is 1. The van der Waals surface area contributed by atoms with E-state index in [0.717, 1.165) is 16.0 Å². The molecule has 1 aromatic carbocycles. The molecule has 0 saturated heterocycles. The number of alkyl halides is 3. The molecule has 1 aromatic heterocycles. The molecule has 4 nitrogen and oxygen atoms in total. The molecule has 1 amide bonds. The minimum absolute atomic E-state index is 0.00729. The van der Waals surface area contributed by atoms with Gasteiger partial charge in [-0.15, -0.1) is 0 Å². The molecule has 0 aliphatic heterocycles. The minimum Gasteiger partial charge on any atom is -0.367 e. The average molecular weight is 474 g/mol. The van der Waals surface area contributed by atoms with Gasteiger partial charge in [-0.1, -0.05) is 56.1 Å². The van der Waals surface area contributed by atoms with E-state index < -0.39 is 23.5 Å². The normalized spacial score (nSPS) is 17.3. The van der Waals surface area contributed by atoms with Gasteiger partial charge in [0.2, 0.25) is 5.91 Å². The Bertz CT molecular complexity index is 972. The Morgan fingerprint density at radius 1 is 1.16 bits per heavy atom. The summed E-state index contributed by atoms with van der Waals surface area (Å²) >= 11 is 12.4. The maximum absolute atomic E-state index is 13.8. The Hall–Kier alpha value is -1.99. The first kappa shape index (κ1) is 23.7. The van der Waals surface area contributed by atoms with Crippen LogP contribution in [0.2, 0.25) is 10.0 Å². The highest BCUT2D eigenvalue weighted by molar-refractivity contribution is 6.42. The number of anilines is 1. The first-order valence-electron chi connectivity index (χ1n) is 9.81. The van der Waals surface area contributed by atoms with Crippen molar-refractivity contribution < 1.29 is 18.0 Å². The van der Waals surface area contributed by atoms with Crippen LogP contribution in [0.4, 0.5) is 19.0 Å². The molecule has 0 saturated carbocycles. The van der Waals surface area contributed by atoms with Crippen molar-refractivity contribution in [3.8, 4) is 0 Å². The molecular weight excluding hydrogens is 450 g/mol. The van der Waals surface area contributed by atoms with Gasteiger partial charge in [0.05, 0.1) is 10.0 Å². The molecule has 1 unspecified atom stereocenters. The second kappa shape index (κ2) is 8.51. The predicted molar refractivity (Wildman–Crippen MR) is 117 cm³/mol.